The highest BCUT2D eigenvalue weighted by atomic mass is 16.2. The molecule has 2 aliphatic rings. The van der Waals surface area contributed by atoms with Crippen molar-refractivity contribution >= 4 is 5.91 Å². The van der Waals surface area contributed by atoms with Crippen molar-refractivity contribution in [2.45, 2.75) is 32.2 Å². The van der Waals surface area contributed by atoms with Gasteiger partial charge in [-0.05, 0) is 11.1 Å². The zero-order valence-electron chi connectivity index (χ0n) is 12.0. The van der Waals surface area contributed by atoms with E-state index in [2.05, 4.69) is 43.0 Å². The number of rotatable bonds is 0. The minimum Gasteiger partial charge on any atom is -0.340 e. The maximum Gasteiger partial charge on any atom is 0.219 e. The summed E-state index contributed by atoms with van der Waals surface area (Å²) in [6, 6.07) is 9.10. The number of amides is 1. The first kappa shape index (κ1) is 12.7. The zero-order valence-corrected chi connectivity index (χ0v) is 12.0. The van der Waals surface area contributed by atoms with Gasteiger partial charge >= 0.3 is 0 Å². The molecule has 1 aromatic rings. The molecule has 1 fully saturated rings. The Labute approximate surface area is 115 Å². The van der Waals surface area contributed by atoms with Crippen LogP contribution < -0.4 is 0 Å². The van der Waals surface area contributed by atoms with Crippen molar-refractivity contribution in [2.24, 2.45) is 0 Å². The van der Waals surface area contributed by atoms with Crippen LogP contribution in [-0.4, -0.2) is 41.9 Å². The second kappa shape index (κ2) is 4.34. The third kappa shape index (κ3) is 2.06. The van der Waals surface area contributed by atoms with E-state index < -0.39 is 0 Å². The van der Waals surface area contributed by atoms with E-state index in [0.29, 0.717) is 6.04 Å². The first-order chi connectivity index (χ1) is 8.99. The summed E-state index contributed by atoms with van der Waals surface area (Å²) >= 11 is 0. The van der Waals surface area contributed by atoms with Gasteiger partial charge < -0.3 is 4.90 Å². The molecule has 0 bridgehead atoms. The van der Waals surface area contributed by atoms with E-state index in [4.69, 9.17) is 0 Å². The Hall–Kier alpha value is -1.35. The molecule has 3 heteroatoms. The van der Waals surface area contributed by atoms with Crippen molar-refractivity contribution in [1.29, 1.82) is 0 Å². The SMILES string of the molecule is CC(=O)N1CCN2CC(C)(C)c3ccccc3C2C1. The summed E-state index contributed by atoms with van der Waals surface area (Å²) in [6.07, 6.45) is 0. The molecule has 0 saturated carbocycles. The monoisotopic (exact) mass is 258 g/mol. The number of benzene rings is 1. The van der Waals surface area contributed by atoms with Crippen LogP contribution in [0.3, 0.4) is 0 Å². The van der Waals surface area contributed by atoms with Crippen LogP contribution in [0.4, 0.5) is 0 Å². The molecule has 1 saturated heterocycles. The molecule has 0 spiro atoms. The van der Waals surface area contributed by atoms with Gasteiger partial charge in [0.2, 0.25) is 5.91 Å². The molecular formula is C16H22N2O. The average molecular weight is 258 g/mol. The zero-order chi connectivity index (χ0) is 13.6. The molecule has 2 aliphatic heterocycles. The predicted octanol–water partition coefficient (Wildman–Crippen LogP) is 2.18. The summed E-state index contributed by atoms with van der Waals surface area (Å²) in [7, 11) is 0. The van der Waals surface area contributed by atoms with Crippen molar-refractivity contribution in [1.82, 2.24) is 9.80 Å². The van der Waals surface area contributed by atoms with E-state index in [1.165, 1.54) is 11.1 Å². The van der Waals surface area contributed by atoms with Gasteiger partial charge in [-0.2, -0.15) is 0 Å². The highest BCUT2D eigenvalue weighted by Gasteiger charge is 2.40. The second-order valence-corrected chi connectivity index (χ2v) is 6.42. The van der Waals surface area contributed by atoms with Crippen molar-refractivity contribution in [3.8, 4) is 0 Å². The standard InChI is InChI=1S/C16H22N2O/c1-12(19)17-8-9-18-11-16(2,3)14-7-5-4-6-13(14)15(18)10-17/h4-7,15H,8-11H2,1-3H3. The Morgan fingerprint density at radius 1 is 1.26 bits per heavy atom. The minimum absolute atomic E-state index is 0.196. The first-order valence-corrected chi connectivity index (χ1v) is 7.08. The molecule has 0 radical (unpaired) electrons. The Morgan fingerprint density at radius 3 is 2.74 bits per heavy atom. The van der Waals surface area contributed by atoms with Crippen LogP contribution >= 0.6 is 0 Å². The summed E-state index contributed by atoms with van der Waals surface area (Å²) in [6.45, 7) is 10.1. The fourth-order valence-corrected chi connectivity index (χ4v) is 3.59. The number of fused-ring (bicyclic) bond motifs is 3. The summed E-state index contributed by atoms with van der Waals surface area (Å²) in [5.74, 6) is 0.196. The van der Waals surface area contributed by atoms with Gasteiger partial charge in [0.05, 0.1) is 6.04 Å². The lowest BCUT2D eigenvalue weighted by atomic mass is 9.75. The lowest BCUT2D eigenvalue weighted by molar-refractivity contribution is -0.132. The molecule has 1 unspecified atom stereocenters. The Kier molecular flexibility index (Phi) is 2.90. The Morgan fingerprint density at radius 2 is 2.00 bits per heavy atom. The number of carbonyl (C=O) groups is 1. The quantitative estimate of drug-likeness (QED) is 0.712. The van der Waals surface area contributed by atoms with Crippen LogP contribution in [0.1, 0.15) is 37.9 Å². The molecule has 3 nitrogen and oxygen atoms in total. The van der Waals surface area contributed by atoms with Gasteiger partial charge in [0.15, 0.2) is 0 Å². The van der Waals surface area contributed by atoms with Gasteiger partial charge in [0, 0.05) is 38.5 Å². The van der Waals surface area contributed by atoms with Crippen LogP contribution in [0.5, 0.6) is 0 Å². The van der Waals surface area contributed by atoms with E-state index in [1.54, 1.807) is 6.92 Å². The van der Waals surface area contributed by atoms with E-state index in [-0.39, 0.29) is 11.3 Å². The predicted molar refractivity (Wildman–Crippen MR) is 76.0 cm³/mol. The number of piperazine rings is 1. The van der Waals surface area contributed by atoms with Crippen LogP contribution in [-0.2, 0) is 10.2 Å². The largest absolute Gasteiger partial charge is 0.340 e. The molecule has 19 heavy (non-hydrogen) atoms. The maximum absolute atomic E-state index is 11.6. The van der Waals surface area contributed by atoms with Gasteiger partial charge in [-0.1, -0.05) is 38.1 Å². The van der Waals surface area contributed by atoms with Gasteiger partial charge in [-0.25, -0.2) is 0 Å². The van der Waals surface area contributed by atoms with Crippen LogP contribution in [0.2, 0.25) is 0 Å². The Bertz CT molecular complexity index is 509. The fourth-order valence-electron chi connectivity index (χ4n) is 3.59. The topological polar surface area (TPSA) is 23.6 Å². The maximum atomic E-state index is 11.6. The number of carbonyl (C=O) groups excluding carboxylic acids is 1. The number of nitrogens with zero attached hydrogens (tertiary/aromatic N) is 2. The van der Waals surface area contributed by atoms with E-state index in [1.807, 2.05) is 4.90 Å². The lowest BCUT2D eigenvalue weighted by Crippen LogP contribution is -2.55. The van der Waals surface area contributed by atoms with Crippen molar-refractivity contribution in [2.75, 3.05) is 26.2 Å². The van der Waals surface area contributed by atoms with E-state index >= 15 is 0 Å². The number of hydrogen-bond donors (Lipinski definition) is 0. The Balaban J connectivity index is 2.00. The third-order valence-electron chi connectivity index (χ3n) is 4.58. The van der Waals surface area contributed by atoms with Crippen molar-refractivity contribution in [3.63, 3.8) is 0 Å². The summed E-state index contributed by atoms with van der Waals surface area (Å²) in [5.41, 5.74) is 3.05. The first-order valence-electron chi connectivity index (χ1n) is 7.08. The molecule has 1 atom stereocenters. The molecular weight excluding hydrogens is 236 g/mol. The highest BCUT2D eigenvalue weighted by molar-refractivity contribution is 5.73. The molecule has 3 rings (SSSR count). The molecule has 0 aliphatic carbocycles. The smallest absolute Gasteiger partial charge is 0.219 e. The van der Waals surface area contributed by atoms with Crippen molar-refractivity contribution in [3.05, 3.63) is 35.4 Å². The van der Waals surface area contributed by atoms with E-state index in [0.717, 1.165) is 26.2 Å². The summed E-state index contributed by atoms with van der Waals surface area (Å²) < 4.78 is 0. The summed E-state index contributed by atoms with van der Waals surface area (Å²) in [5, 5.41) is 0. The summed E-state index contributed by atoms with van der Waals surface area (Å²) in [4.78, 5) is 16.1. The molecule has 102 valence electrons. The molecule has 0 aromatic heterocycles. The van der Waals surface area contributed by atoms with Gasteiger partial charge in [-0.3, -0.25) is 9.69 Å². The second-order valence-electron chi connectivity index (χ2n) is 6.42. The lowest BCUT2D eigenvalue weighted by Gasteiger charge is -2.49. The molecule has 0 N–H and O–H groups in total. The van der Waals surface area contributed by atoms with Gasteiger partial charge in [0.25, 0.3) is 0 Å². The average Bonchev–Trinajstić information content (AvgIpc) is 2.38. The fraction of sp³-hybridized carbons (Fsp3) is 0.562. The minimum atomic E-state index is 0.196. The van der Waals surface area contributed by atoms with Crippen LogP contribution in [0.25, 0.3) is 0 Å². The van der Waals surface area contributed by atoms with Gasteiger partial charge in [-0.15, -0.1) is 0 Å². The molecule has 2 heterocycles. The van der Waals surface area contributed by atoms with Crippen LogP contribution in [0, 0.1) is 0 Å². The van der Waals surface area contributed by atoms with Crippen molar-refractivity contribution < 1.29 is 4.79 Å². The van der Waals surface area contributed by atoms with E-state index in [9.17, 15) is 4.79 Å². The van der Waals surface area contributed by atoms with Gasteiger partial charge in [0.1, 0.15) is 0 Å². The number of hydrogen-bond acceptors (Lipinski definition) is 2. The molecule has 1 aromatic carbocycles. The third-order valence-corrected chi connectivity index (χ3v) is 4.58. The normalized spacial score (nSPS) is 25.6. The molecule has 1 amide bonds. The van der Waals surface area contributed by atoms with Crippen LogP contribution in [0.15, 0.2) is 24.3 Å². The highest BCUT2D eigenvalue weighted by Crippen LogP contribution is 2.40.